The van der Waals surface area contributed by atoms with E-state index in [1.165, 1.54) is 57.9 Å². The van der Waals surface area contributed by atoms with E-state index < -0.39 is 204 Å². The molecule has 648 valence electrons. The zero-order valence-corrected chi connectivity index (χ0v) is 70.6. The van der Waals surface area contributed by atoms with Gasteiger partial charge in [-0.2, -0.15) is 24.9 Å². The van der Waals surface area contributed by atoms with Gasteiger partial charge < -0.3 is 105 Å². The molecule has 0 spiro atoms. The molecule has 56 heteroatoms. The van der Waals surface area contributed by atoms with Gasteiger partial charge in [-0.15, -0.1) is 0 Å². The third-order valence-electron chi connectivity index (χ3n) is 20.5. The minimum Gasteiger partial charge on any atom is -0.387 e. The van der Waals surface area contributed by atoms with Gasteiger partial charge in [-0.3, -0.25) is 74.8 Å². The number of phosphoric acid groups is 1. The summed E-state index contributed by atoms with van der Waals surface area (Å²) in [5.41, 5.74) is 21.6. The number of ether oxygens (including phenoxy) is 9. The Morgan fingerprint density at radius 3 is 1.46 bits per heavy atom. The van der Waals surface area contributed by atoms with Gasteiger partial charge in [0.2, 0.25) is 17.8 Å². The molecular formula is C62H89N21O28P4S3. The maximum absolute atomic E-state index is 15.2. The molecule has 24 atom stereocenters. The third kappa shape index (κ3) is 17.3. The minimum atomic E-state index is -5.72. The fourth-order valence-corrected chi connectivity index (χ4v) is 20.3. The molecule has 17 N–H and O–H groups in total. The van der Waals surface area contributed by atoms with E-state index in [-0.39, 0.29) is 89.0 Å². The van der Waals surface area contributed by atoms with Crippen LogP contribution < -0.4 is 56.7 Å². The molecule has 7 unspecified atom stereocenters. The molecule has 0 aromatic carbocycles. The first-order valence-corrected chi connectivity index (χ1v) is 46.2. The number of nitrogens with one attached hydrogen (secondary N) is 3. The third-order valence-corrected chi connectivity index (χ3v) is 26.2. The summed E-state index contributed by atoms with van der Waals surface area (Å²) in [6.07, 6.45) is -17.7. The molecule has 7 aliphatic rings. The van der Waals surface area contributed by atoms with Crippen LogP contribution in [0.3, 0.4) is 0 Å². The van der Waals surface area contributed by atoms with Gasteiger partial charge >= 0.3 is 39.4 Å². The monoisotopic (exact) mass is 1800 g/mol. The van der Waals surface area contributed by atoms with Gasteiger partial charge in [-0.25, -0.2) is 33.7 Å². The number of aromatic amines is 3. The second-order valence-corrected chi connectivity index (χ2v) is 37.5. The summed E-state index contributed by atoms with van der Waals surface area (Å²) < 4.78 is 141. The Labute approximate surface area is 682 Å². The zero-order valence-electron chi connectivity index (χ0n) is 64.5. The summed E-state index contributed by atoms with van der Waals surface area (Å²) in [5.74, 6) is -1.01. The second-order valence-electron chi connectivity index (χ2n) is 27.6. The van der Waals surface area contributed by atoms with Crippen molar-refractivity contribution in [3.63, 3.8) is 0 Å². The smallest absolute Gasteiger partial charge is 0.387 e. The molecule has 8 aromatic heterocycles. The first-order chi connectivity index (χ1) is 55.9. The highest BCUT2D eigenvalue weighted by Gasteiger charge is 2.71. The van der Waals surface area contributed by atoms with Crippen LogP contribution in [-0.2, 0) is 112 Å². The van der Waals surface area contributed by atoms with Crippen molar-refractivity contribution in [2.24, 2.45) is 0 Å². The van der Waals surface area contributed by atoms with E-state index >= 15 is 9.13 Å². The number of phosphoric ester groups is 1. The van der Waals surface area contributed by atoms with Gasteiger partial charge in [-0.05, 0) is 57.7 Å². The number of fused-ring (bicyclic) bond motifs is 7. The number of aliphatic hydroxyl groups is 1. The van der Waals surface area contributed by atoms with Gasteiger partial charge in [-0.1, -0.05) is 46.9 Å². The van der Waals surface area contributed by atoms with Gasteiger partial charge in [0.1, 0.15) is 90.2 Å². The summed E-state index contributed by atoms with van der Waals surface area (Å²) in [7, 11) is -4.30. The van der Waals surface area contributed by atoms with Gasteiger partial charge in [0.25, 0.3) is 16.7 Å². The lowest BCUT2D eigenvalue weighted by Gasteiger charge is -2.37. The molecule has 15 rings (SSSR count). The average Bonchev–Trinajstić information content (AvgIpc) is 1.55. The topological polar surface area (TPSA) is 663 Å². The number of nitrogens with zero attached hydrogens (tertiary/aromatic N) is 13. The Balaban J connectivity index is 0.00000297. The standard InChI is InChI=1S/C58H77N21O28P4S3.2C2H6/c1-7-25-26(10-30(99-25)75-12-21(2)41(59)67-55(75)84)104-109(88,112)93-14-28-27(11-31(100-28)76-13-22(3)42(60)68-56(76)85)105-111(90,114)96-17-58-24(5)97-37(50(103-58)78-19-65-33-44(78)70-53(62)73-47(33)82)39(58)106-108(86,87)95-16-57-23(4)98-38(51(102-57)79-20-66-34-45(79)71-54(63)74-48(34)83)40(57)107-110(89,113)94-15-29-35(80)36(92-9-8-91-6)49(101-29)77-18-64-32-43(77)69-52(61)72-46(32)81;2*1-2/h12-13,18-20,23-31,35-40,49-51,80H,7-11,14-17H2,1-6H3,(H,86,87)(H,88,112)(H,89,113)(H,90,114)(H2,59,67,84)(H2,60,68,85)(H3,61,69,72,81)(H3,62,70,73,82)(H3,63,71,74,83);2*1-2H3/t23-,24-,25+,26+,27+,28+,29+,30+,31+,35-,36?,37?,38?,39+,40+,49+,50+,51+,57-,58-,109?,110?,111?;;/m0../s1. The number of aromatic nitrogens is 16. The number of thiol groups is 1. The van der Waals surface area contributed by atoms with Crippen LogP contribution in [0.25, 0.3) is 33.5 Å². The summed E-state index contributed by atoms with van der Waals surface area (Å²) in [6, 6.07) is 0. The van der Waals surface area contributed by atoms with E-state index in [1.54, 1.807) is 20.8 Å². The minimum absolute atomic E-state index is 0.00790. The fourth-order valence-electron chi connectivity index (χ4n) is 14.8. The number of aliphatic hydroxyl groups excluding tert-OH is 1. The number of aryl methyl sites for hydroxylation is 2. The fraction of sp³-hybridized carbons (Fsp3) is 0.629. The maximum atomic E-state index is 15.2. The predicted molar refractivity (Wildman–Crippen MR) is 422 cm³/mol. The molecule has 7 aliphatic heterocycles. The molecular weight excluding hydrogens is 1710 g/mol. The number of methoxy groups -OCH3 is 1. The first kappa shape index (κ1) is 88.9. The number of rotatable bonds is 30. The van der Waals surface area contributed by atoms with Crippen molar-refractivity contribution >= 4 is 127 Å². The van der Waals surface area contributed by atoms with E-state index in [2.05, 4.69) is 67.1 Å². The Morgan fingerprint density at radius 2 is 0.992 bits per heavy atom. The van der Waals surface area contributed by atoms with Gasteiger partial charge in [0, 0.05) is 43.5 Å². The lowest BCUT2D eigenvalue weighted by molar-refractivity contribution is -0.216. The van der Waals surface area contributed by atoms with E-state index in [0.717, 1.165) is 17.2 Å². The van der Waals surface area contributed by atoms with Crippen molar-refractivity contribution in [2.75, 3.05) is 75.4 Å². The molecule has 118 heavy (non-hydrogen) atoms. The van der Waals surface area contributed by atoms with Crippen molar-refractivity contribution in [3.05, 3.63) is 94.5 Å². The van der Waals surface area contributed by atoms with Crippen LogP contribution in [0.2, 0.25) is 0 Å². The zero-order chi connectivity index (χ0) is 85.4. The molecule has 7 saturated heterocycles. The summed E-state index contributed by atoms with van der Waals surface area (Å²) in [4.78, 5) is 142. The van der Waals surface area contributed by atoms with Crippen LogP contribution in [0, 0.1) is 13.8 Å². The lowest BCUT2D eigenvalue weighted by atomic mass is 9.94. The molecule has 7 fully saturated rings. The summed E-state index contributed by atoms with van der Waals surface area (Å²) >= 11 is 15.6. The number of imidazole rings is 3. The van der Waals surface area contributed by atoms with Crippen molar-refractivity contribution in [1.29, 1.82) is 0 Å². The Bertz CT molecular complexity index is 5590. The number of nitrogen functional groups attached to an aromatic ring is 5. The molecule has 8 aromatic rings. The molecule has 0 radical (unpaired) electrons. The highest BCUT2D eigenvalue weighted by atomic mass is 32.7. The molecule has 4 bridgehead atoms. The number of hydrogen-bond donors (Lipinski definition) is 13. The number of nitrogens with two attached hydrogens (primary N) is 5. The SMILES string of the molecule is CC.CC.CC[C@H]1O[C@@H](n2cc(C)c(N)nc2=O)C[C@H]1OP(O)(=S)OC[C@H]1O[C@@H](n2cc(C)c(N)nc2=O)C[C@H]1OP(=O)(S)OC[C@]12O[C@@H](n3cnc4c(=O)[nH]c(N)nc43)C(O[C@H]1C)[C@H]2OP(=O)(O)OC[C@]12O[C@@H](n3cnc4c(=O)[nH]c(N)nc43)C(O[C@H]1C)[C@H]2OP(O)(=S)OC[C@H]1O[C@@H](n2cnc3c(=O)[nH]c(N)nc32)C(OCCOC)[C@H]1O. The molecule has 0 saturated carbocycles. The predicted octanol–water partition coefficient (Wildman–Crippen LogP) is 1.04. The second kappa shape index (κ2) is 34.8. The maximum Gasteiger partial charge on any atom is 0.472 e. The Morgan fingerprint density at radius 1 is 0.568 bits per heavy atom. The van der Waals surface area contributed by atoms with Crippen LogP contribution >= 0.6 is 40.3 Å². The number of H-pyrrole nitrogens is 3. The van der Waals surface area contributed by atoms with Crippen molar-refractivity contribution in [1.82, 2.24) is 77.7 Å². The van der Waals surface area contributed by atoms with E-state index in [1.807, 2.05) is 27.7 Å². The molecule has 15 heterocycles. The van der Waals surface area contributed by atoms with Crippen LogP contribution in [0.5, 0.6) is 0 Å². The quantitative estimate of drug-likeness (QED) is 0.0170. The Kier molecular flexibility index (Phi) is 26.2. The first-order valence-electron chi connectivity index (χ1n) is 36.8. The normalized spacial score (nSPS) is 31.8. The van der Waals surface area contributed by atoms with Crippen LogP contribution in [0.4, 0.5) is 29.5 Å². The van der Waals surface area contributed by atoms with E-state index in [0.29, 0.717) is 17.5 Å². The summed E-state index contributed by atoms with van der Waals surface area (Å²) in [6.45, 7) is -1.44. The molecule has 0 aliphatic carbocycles. The van der Waals surface area contributed by atoms with Crippen molar-refractivity contribution in [2.45, 2.75) is 203 Å². The average molecular weight is 1800 g/mol. The van der Waals surface area contributed by atoms with Crippen LogP contribution in [-0.4, -0.2) is 235 Å². The Hall–Kier alpha value is -6.92. The van der Waals surface area contributed by atoms with E-state index in [9.17, 15) is 43.8 Å². The lowest BCUT2D eigenvalue weighted by Crippen LogP contribution is -2.51. The van der Waals surface area contributed by atoms with E-state index in [4.69, 9.17) is 131 Å². The molecule has 49 nitrogen and oxygen atoms in total. The van der Waals surface area contributed by atoms with Crippen molar-refractivity contribution in [3.8, 4) is 0 Å². The largest absolute Gasteiger partial charge is 0.472 e. The van der Waals surface area contributed by atoms with Crippen molar-refractivity contribution < 1.29 is 108 Å². The highest BCUT2D eigenvalue weighted by molar-refractivity contribution is 8.44. The van der Waals surface area contributed by atoms with Crippen LogP contribution in [0.1, 0.15) is 110 Å². The molecule has 0 amide bonds. The highest BCUT2D eigenvalue weighted by Crippen LogP contribution is 2.64. The summed E-state index contributed by atoms with van der Waals surface area (Å²) in [5, 5.41) is 11.8. The number of anilines is 5. The van der Waals surface area contributed by atoms with Crippen LogP contribution in [0.15, 0.2) is 55.3 Å². The van der Waals surface area contributed by atoms with Gasteiger partial charge in [0.05, 0.1) is 83.0 Å². The number of hydrogen-bond acceptors (Lipinski definition) is 40. The van der Waals surface area contributed by atoms with Gasteiger partial charge in [0.15, 0.2) is 52.2 Å².